The first-order valence-corrected chi connectivity index (χ1v) is 10.1. The molecule has 3 aromatic rings. The van der Waals surface area contributed by atoms with Gasteiger partial charge in [0.15, 0.2) is 0 Å². The topological polar surface area (TPSA) is 62.3 Å². The summed E-state index contributed by atoms with van der Waals surface area (Å²) in [5.74, 6) is -0.842. The number of carbonyl (C=O) groups is 2. The Morgan fingerprint density at radius 1 is 1.21 bits per heavy atom. The number of fused-ring (bicyclic) bond motifs is 1. The monoisotopic (exact) mass is 397 g/mol. The number of aromatic nitrogens is 1. The van der Waals surface area contributed by atoms with E-state index < -0.39 is 11.7 Å². The molecule has 0 unspecified atom stereocenters. The van der Waals surface area contributed by atoms with Crippen LogP contribution in [0.1, 0.15) is 34.1 Å². The van der Waals surface area contributed by atoms with Gasteiger partial charge in [0.25, 0.3) is 5.91 Å². The number of likely N-dealkylation sites (tertiary alicyclic amines) is 1. The summed E-state index contributed by atoms with van der Waals surface area (Å²) in [6, 6.07) is 13.5. The zero-order chi connectivity index (χ0) is 19.5. The summed E-state index contributed by atoms with van der Waals surface area (Å²) >= 11 is 1.68. The Balaban J connectivity index is 1.37. The number of hydrogen-bond acceptors (Lipinski definition) is 4. The van der Waals surface area contributed by atoms with Gasteiger partial charge in [0.2, 0.25) is 5.91 Å². The normalized spacial score (nSPS) is 16.9. The largest absolute Gasteiger partial charge is 0.343 e. The SMILES string of the molecule is O=C(NCC(=O)N1CCC[C@H](c2nc3ccccc3s2)C1)c1cccc(F)c1. The van der Waals surface area contributed by atoms with Gasteiger partial charge in [0.05, 0.1) is 21.8 Å². The van der Waals surface area contributed by atoms with E-state index in [1.54, 1.807) is 16.2 Å². The molecule has 5 nitrogen and oxygen atoms in total. The van der Waals surface area contributed by atoms with Crippen molar-refractivity contribution in [1.29, 1.82) is 0 Å². The van der Waals surface area contributed by atoms with Crippen LogP contribution in [0, 0.1) is 5.82 Å². The van der Waals surface area contributed by atoms with E-state index in [2.05, 4.69) is 11.4 Å². The summed E-state index contributed by atoms with van der Waals surface area (Å²) in [7, 11) is 0. The maximum atomic E-state index is 13.2. The number of thiazole rings is 1. The van der Waals surface area contributed by atoms with Crippen molar-refractivity contribution in [2.75, 3.05) is 19.6 Å². The molecule has 1 atom stereocenters. The standard InChI is InChI=1S/C21H20FN3O2S/c22-16-7-3-5-14(11-16)20(27)23-12-19(26)25-10-4-6-15(13-25)21-24-17-8-1-2-9-18(17)28-21/h1-3,5,7-9,11,15H,4,6,10,12-13H2,(H,23,27)/t15-/m0/s1. The van der Waals surface area contributed by atoms with Crippen molar-refractivity contribution in [2.45, 2.75) is 18.8 Å². The van der Waals surface area contributed by atoms with Gasteiger partial charge in [-0.1, -0.05) is 18.2 Å². The Kier molecular flexibility index (Phi) is 5.34. The molecule has 1 fully saturated rings. The predicted molar refractivity (Wildman–Crippen MR) is 107 cm³/mol. The lowest BCUT2D eigenvalue weighted by Crippen LogP contribution is -2.44. The highest BCUT2D eigenvalue weighted by molar-refractivity contribution is 7.18. The molecule has 28 heavy (non-hydrogen) atoms. The van der Waals surface area contributed by atoms with Crippen molar-refractivity contribution in [3.05, 3.63) is 64.9 Å². The van der Waals surface area contributed by atoms with Gasteiger partial charge in [-0.25, -0.2) is 9.37 Å². The summed E-state index contributed by atoms with van der Waals surface area (Å²) < 4.78 is 14.4. The average molecular weight is 397 g/mol. The number of para-hydroxylation sites is 1. The van der Waals surface area contributed by atoms with Gasteiger partial charge in [-0.15, -0.1) is 11.3 Å². The van der Waals surface area contributed by atoms with E-state index >= 15 is 0 Å². The zero-order valence-electron chi connectivity index (χ0n) is 15.2. The summed E-state index contributed by atoms with van der Waals surface area (Å²) in [6.45, 7) is 1.19. The van der Waals surface area contributed by atoms with Crippen molar-refractivity contribution in [3.8, 4) is 0 Å². The molecule has 144 valence electrons. The average Bonchev–Trinajstić information content (AvgIpc) is 3.16. The van der Waals surface area contributed by atoms with Crippen LogP contribution in [-0.4, -0.2) is 41.3 Å². The molecule has 0 saturated carbocycles. The molecule has 0 bridgehead atoms. The summed E-state index contributed by atoms with van der Waals surface area (Å²) in [5.41, 5.74) is 1.20. The molecule has 7 heteroatoms. The molecule has 0 spiro atoms. The molecule has 1 saturated heterocycles. The minimum Gasteiger partial charge on any atom is -0.343 e. The number of nitrogens with one attached hydrogen (secondary N) is 1. The molecular formula is C21H20FN3O2S. The van der Waals surface area contributed by atoms with Gasteiger partial charge in [0, 0.05) is 24.6 Å². The minimum atomic E-state index is -0.478. The van der Waals surface area contributed by atoms with Crippen molar-refractivity contribution in [2.24, 2.45) is 0 Å². The van der Waals surface area contributed by atoms with E-state index in [4.69, 9.17) is 4.98 Å². The first-order valence-electron chi connectivity index (χ1n) is 9.27. The van der Waals surface area contributed by atoms with Crippen LogP contribution in [0.4, 0.5) is 4.39 Å². The van der Waals surface area contributed by atoms with Crippen molar-refractivity contribution in [1.82, 2.24) is 15.2 Å². The van der Waals surface area contributed by atoms with Crippen molar-refractivity contribution >= 4 is 33.4 Å². The summed E-state index contributed by atoms with van der Waals surface area (Å²) in [5, 5.41) is 3.65. The third-order valence-corrected chi connectivity index (χ3v) is 6.12. The first kappa shape index (κ1) is 18.6. The van der Waals surface area contributed by atoms with Crippen LogP contribution in [0.5, 0.6) is 0 Å². The molecule has 1 aromatic heterocycles. The predicted octanol–water partition coefficient (Wildman–Crippen LogP) is 3.57. The van der Waals surface area contributed by atoms with Crippen LogP contribution in [0.2, 0.25) is 0 Å². The third kappa shape index (κ3) is 4.04. The van der Waals surface area contributed by atoms with Crippen LogP contribution in [0.15, 0.2) is 48.5 Å². The minimum absolute atomic E-state index is 0.0953. The Labute approximate surface area is 166 Å². The fourth-order valence-corrected chi connectivity index (χ4v) is 4.56. The van der Waals surface area contributed by atoms with E-state index in [-0.39, 0.29) is 23.9 Å². The van der Waals surface area contributed by atoms with Crippen LogP contribution in [0.25, 0.3) is 10.2 Å². The van der Waals surface area contributed by atoms with E-state index in [1.807, 2.05) is 18.2 Å². The Hall–Kier alpha value is -2.80. The number of carbonyl (C=O) groups excluding carboxylic acids is 2. The number of piperidine rings is 1. The van der Waals surface area contributed by atoms with Gasteiger partial charge < -0.3 is 10.2 Å². The number of hydrogen-bond donors (Lipinski definition) is 1. The molecule has 0 radical (unpaired) electrons. The van der Waals surface area contributed by atoms with E-state index in [0.717, 1.165) is 34.1 Å². The molecule has 4 rings (SSSR count). The van der Waals surface area contributed by atoms with Gasteiger partial charge in [-0.05, 0) is 43.2 Å². The van der Waals surface area contributed by atoms with E-state index in [0.29, 0.717) is 13.1 Å². The van der Waals surface area contributed by atoms with Gasteiger partial charge in [-0.2, -0.15) is 0 Å². The molecule has 1 aliphatic rings. The number of nitrogens with zero attached hydrogens (tertiary/aromatic N) is 2. The molecule has 0 aliphatic carbocycles. The van der Waals surface area contributed by atoms with Crippen molar-refractivity contribution in [3.63, 3.8) is 0 Å². The van der Waals surface area contributed by atoms with Crippen LogP contribution in [0.3, 0.4) is 0 Å². The number of rotatable bonds is 4. The molecule has 2 heterocycles. The van der Waals surface area contributed by atoms with Crippen LogP contribution < -0.4 is 5.32 Å². The maximum Gasteiger partial charge on any atom is 0.251 e. The van der Waals surface area contributed by atoms with Gasteiger partial charge in [0.1, 0.15) is 5.82 Å². The summed E-state index contributed by atoms with van der Waals surface area (Å²) in [4.78, 5) is 31.2. The van der Waals surface area contributed by atoms with Crippen LogP contribution in [-0.2, 0) is 4.79 Å². The van der Waals surface area contributed by atoms with Crippen LogP contribution >= 0.6 is 11.3 Å². The third-order valence-electron chi connectivity index (χ3n) is 4.92. The molecular weight excluding hydrogens is 377 g/mol. The fraction of sp³-hybridized carbons (Fsp3) is 0.286. The van der Waals surface area contributed by atoms with E-state index in [9.17, 15) is 14.0 Å². The zero-order valence-corrected chi connectivity index (χ0v) is 16.0. The highest BCUT2D eigenvalue weighted by atomic mass is 32.1. The van der Waals surface area contributed by atoms with Gasteiger partial charge in [-0.3, -0.25) is 9.59 Å². The Bertz CT molecular complexity index is 987. The van der Waals surface area contributed by atoms with Crippen molar-refractivity contribution < 1.29 is 14.0 Å². The maximum absolute atomic E-state index is 13.2. The fourth-order valence-electron chi connectivity index (χ4n) is 3.47. The number of halogens is 1. The number of benzene rings is 2. The Morgan fingerprint density at radius 3 is 2.89 bits per heavy atom. The highest BCUT2D eigenvalue weighted by Crippen LogP contribution is 2.32. The molecule has 2 amide bonds. The second kappa shape index (κ2) is 8.06. The van der Waals surface area contributed by atoms with E-state index in [1.165, 1.54) is 18.2 Å². The first-order chi connectivity index (χ1) is 13.6. The smallest absolute Gasteiger partial charge is 0.251 e. The second-order valence-electron chi connectivity index (χ2n) is 6.89. The molecule has 1 aliphatic heterocycles. The highest BCUT2D eigenvalue weighted by Gasteiger charge is 2.27. The lowest BCUT2D eigenvalue weighted by Gasteiger charge is -2.32. The number of amides is 2. The Morgan fingerprint density at radius 2 is 2.07 bits per heavy atom. The quantitative estimate of drug-likeness (QED) is 0.732. The lowest BCUT2D eigenvalue weighted by molar-refractivity contribution is -0.131. The molecule has 1 N–H and O–H groups in total. The summed E-state index contributed by atoms with van der Waals surface area (Å²) in [6.07, 6.45) is 1.91. The molecule has 2 aromatic carbocycles. The van der Waals surface area contributed by atoms with Gasteiger partial charge >= 0.3 is 0 Å². The second-order valence-corrected chi connectivity index (χ2v) is 7.95. The lowest BCUT2D eigenvalue weighted by atomic mass is 9.98.